The van der Waals surface area contributed by atoms with Gasteiger partial charge in [-0.25, -0.2) is 0 Å². The first-order valence-electron chi connectivity index (χ1n) is 6.90. The van der Waals surface area contributed by atoms with Crippen molar-refractivity contribution < 1.29 is 4.74 Å². The highest BCUT2D eigenvalue weighted by atomic mass is 16.5. The zero-order chi connectivity index (χ0) is 13.1. The van der Waals surface area contributed by atoms with Crippen molar-refractivity contribution >= 4 is 0 Å². The van der Waals surface area contributed by atoms with Crippen molar-refractivity contribution in [2.24, 2.45) is 5.92 Å². The quantitative estimate of drug-likeness (QED) is 0.836. The second-order valence-corrected chi connectivity index (χ2v) is 5.30. The van der Waals surface area contributed by atoms with E-state index in [4.69, 9.17) is 4.74 Å². The normalized spacial score (nSPS) is 17.8. The molecule has 0 unspecified atom stereocenters. The number of aryl methyl sites for hydroxylation is 1. The average Bonchev–Trinajstić information content (AvgIpc) is 2.47. The zero-order valence-corrected chi connectivity index (χ0v) is 11.3. The Balaban J connectivity index is 1.74. The molecule has 1 aromatic carbocycles. The van der Waals surface area contributed by atoms with Gasteiger partial charge >= 0.3 is 0 Å². The molecular weight excluding hydrogens is 234 g/mol. The minimum absolute atomic E-state index is 0.738. The number of methoxy groups -OCH3 is 1. The van der Waals surface area contributed by atoms with Gasteiger partial charge in [-0.05, 0) is 72.6 Å². The van der Waals surface area contributed by atoms with E-state index in [0.717, 1.165) is 24.5 Å². The fraction of sp³-hybridized carbons (Fsp3) is 0.353. The van der Waals surface area contributed by atoms with E-state index in [2.05, 4.69) is 35.3 Å². The number of ether oxygens (including phenoxy) is 1. The minimum atomic E-state index is 0.738. The molecule has 3 rings (SSSR count). The van der Waals surface area contributed by atoms with Crippen molar-refractivity contribution in [2.45, 2.75) is 25.7 Å². The van der Waals surface area contributed by atoms with Crippen molar-refractivity contribution in [1.29, 1.82) is 0 Å². The van der Waals surface area contributed by atoms with Crippen LogP contribution in [0.25, 0.3) is 0 Å². The Bertz CT molecular complexity index is 550. The van der Waals surface area contributed by atoms with Crippen LogP contribution < -0.4 is 4.74 Å². The van der Waals surface area contributed by atoms with Crippen LogP contribution in [0.15, 0.2) is 42.7 Å². The van der Waals surface area contributed by atoms with Crippen molar-refractivity contribution in [1.82, 2.24) is 4.98 Å². The van der Waals surface area contributed by atoms with Crippen molar-refractivity contribution in [3.05, 3.63) is 59.4 Å². The molecule has 0 N–H and O–H groups in total. The molecule has 0 saturated heterocycles. The van der Waals surface area contributed by atoms with E-state index in [0.29, 0.717) is 0 Å². The molecule has 0 aliphatic heterocycles. The maximum absolute atomic E-state index is 5.33. The van der Waals surface area contributed by atoms with Gasteiger partial charge in [-0.2, -0.15) is 0 Å². The van der Waals surface area contributed by atoms with E-state index in [1.54, 1.807) is 7.11 Å². The number of nitrogens with zero attached hydrogens (tertiary/aromatic N) is 1. The summed E-state index contributed by atoms with van der Waals surface area (Å²) in [5.41, 5.74) is 4.35. The highest BCUT2D eigenvalue weighted by Gasteiger charge is 2.19. The Morgan fingerprint density at radius 3 is 2.79 bits per heavy atom. The van der Waals surface area contributed by atoms with Gasteiger partial charge in [0.05, 0.1) is 7.11 Å². The van der Waals surface area contributed by atoms with Crippen LogP contribution in [0, 0.1) is 5.92 Å². The van der Waals surface area contributed by atoms with Gasteiger partial charge in [0.2, 0.25) is 0 Å². The Kier molecular flexibility index (Phi) is 3.49. The molecule has 0 radical (unpaired) electrons. The number of fused-ring (bicyclic) bond motifs is 1. The molecule has 98 valence electrons. The first-order valence-corrected chi connectivity index (χ1v) is 6.90. The van der Waals surface area contributed by atoms with Crippen molar-refractivity contribution in [3.63, 3.8) is 0 Å². The van der Waals surface area contributed by atoms with Crippen LogP contribution in [-0.4, -0.2) is 12.1 Å². The molecule has 19 heavy (non-hydrogen) atoms. The second kappa shape index (κ2) is 5.43. The van der Waals surface area contributed by atoms with E-state index >= 15 is 0 Å². The third-order valence-electron chi connectivity index (χ3n) is 4.02. The topological polar surface area (TPSA) is 22.1 Å². The summed E-state index contributed by atoms with van der Waals surface area (Å²) in [5, 5.41) is 0. The molecule has 2 heteroatoms. The highest BCUT2D eigenvalue weighted by molar-refractivity contribution is 5.37. The van der Waals surface area contributed by atoms with Gasteiger partial charge in [-0.3, -0.25) is 4.98 Å². The van der Waals surface area contributed by atoms with Crippen LogP contribution in [0.1, 0.15) is 23.1 Å². The summed E-state index contributed by atoms with van der Waals surface area (Å²) in [6.07, 6.45) is 8.55. The molecule has 1 atom stereocenters. The summed E-state index contributed by atoms with van der Waals surface area (Å²) in [7, 11) is 1.74. The number of aromatic nitrogens is 1. The summed E-state index contributed by atoms with van der Waals surface area (Å²) < 4.78 is 5.33. The van der Waals surface area contributed by atoms with Crippen molar-refractivity contribution in [2.75, 3.05) is 7.11 Å². The standard InChI is InChI=1S/C17H19NO/c1-19-17-5-4-15-3-2-14(11-16(15)12-17)10-13-6-8-18-9-7-13/h4-9,12,14H,2-3,10-11H2,1H3/t14-/m0/s1. The van der Waals surface area contributed by atoms with Crippen LogP contribution in [-0.2, 0) is 19.3 Å². The van der Waals surface area contributed by atoms with Crippen LogP contribution in [0.5, 0.6) is 5.75 Å². The minimum Gasteiger partial charge on any atom is -0.497 e. The van der Waals surface area contributed by atoms with Crippen LogP contribution in [0.3, 0.4) is 0 Å². The Labute approximate surface area is 114 Å². The molecule has 0 amide bonds. The first kappa shape index (κ1) is 12.2. The Hall–Kier alpha value is -1.83. The van der Waals surface area contributed by atoms with Crippen LogP contribution in [0.2, 0.25) is 0 Å². The molecule has 2 aromatic rings. The summed E-state index contributed by atoms with van der Waals surface area (Å²) in [4.78, 5) is 4.08. The van der Waals surface area contributed by atoms with Crippen LogP contribution >= 0.6 is 0 Å². The fourth-order valence-corrected chi connectivity index (χ4v) is 2.96. The molecule has 1 aliphatic rings. The van der Waals surface area contributed by atoms with Gasteiger partial charge in [0.25, 0.3) is 0 Å². The van der Waals surface area contributed by atoms with Gasteiger partial charge in [-0.15, -0.1) is 0 Å². The Morgan fingerprint density at radius 2 is 2.00 bits per heavy atom. The first-order chi connectivity index (χ1) is 9.35. The number of hydrogen-bond donors (Lipinski definition) is 0. The molecule has 0 spiro atoms. The van der Waals surface area contributed by atoms with Gasteiger partial charge < -0.3 is 4.74 Å². The molecular formula is C17H19NO. The molecule has 2 nitrogen and oxygen atoms in total. The number of hydrogen-bond acceptors (Lipinski definition) is 2. The molecule has 0 fully saturated rings. The summed E-state index contributed by atoms with van der Waals surface area (Å²) in [5.74, 6) is 1.71. The molecule has 0 bridgehead atoms. The maximum atomic E-state index is 5.33. The van der Waals surface area contributed by atoms with E-state index in [1.807, 2.05) is 12.4 Å². The second-order valence-electron chi connectivity index (χ2n) is 5.30. The molecule has 1 aromatic heterocycles. The average molecular weight is 253 g/mol. The van der Waals surface area contributed by atoms with E-state index in [1.165, 1.54) is 29.5 Å². The van der Waals surface area contributed by atoms with E-state index < -0.39 is 0 Å². The lowest BCUT2D eigenvalue weighted by Crippen LogP contribution is -2.16. The van der Waals surface area contributed by atoms with Crippen LogP contribution in [0.4, 0.5) is 0 Å². The fourth-order valence-electron chi connectivity index (χ4n) is 2.96. The number of pyridine rings is 1. The Morgan fingerprint density at radius 1 is 1.16 bits per heavy atom. The van der Waals surface area contributed by atoms with Gasteiger partial charge in [0.15, 0.2) is 0 Å². The third-order valence-corrected chi connectivity index (χ3v) is 4.02. The lowest BCUT2D eigenvalue weighted by atomic mass is 9.81. The SMILES string of the molecule is COc1ccc2c(c1)C[C@H](Cc1ccncc1)CC2. The predicted octanol–water partition coefficient (Wildman–Crippen LogP) is 3.44. The zero-order valence-electron chi connectivity index (χ0n) is 11.3. The maximum Gasteiger partial charge on any atom is 0.119 e. The van der Waals surface area contributed by atoms with Gasteiger partial charge in [0, 0.05) is 12.4 Å². The van der Waals surface area contributed by atoms with Gasteiger partial charge in [0.1, 0.15) is 5.75 Å². The summed E-state index contributed by atoms with van der Waals surface area (Å²) >= 11 is 0. The third kappa shape index (κ3) is 2.78. The lowest BCUT2D eigenvalue weighted by molar-refractivity contribution is 0.410. The number of rotatable bonds is 3. The lowest BCUT2D eigenvalue weighted by Gasteiger charge is -2.25. The number of benzene rings is 1. The summed E-state index contributed by atoms with van der Waals surface area (Å²) in [6.45, 7) is 0. The van der Waals surface area contributed by atoms with E-state index in [9.17, 15) is 0 Å². The van der Waals surface area contributed by atoms with Crippen molar-refractivity contribution in [3.8, 4) is 5.75 Å². The van der Waals surface area contributed by atoms with Gasteiger partial charge in [-0.1, -0.05) is 6.07 Å². The molecule has 0 saturated carbocycles. The molecule has 1 heterocycles. The highest BCUT2D eigenvalue weighted by Crippen LogP contribution is 2.30. The monoisotopic (exact) mass is 253 g/mol. The summed E-state index contributed by atoms with van der Waals surface area (Å²) in [6, 6.07) is 10.7. The predicted molar refractivity (Wildman–Crippen MR) is 76.5 cm³/mol. The smallest absolute Gasteiger partial charge is 0.119 e. The van der Waals surface area contributed by atoms with E-state index in [-0.39, 0.29) is 0 Å². The molecule has 1 aliphatic carbocycles. The largest absolute Gasteiger partial charge is 0.497 e.